The second kappa shape index (κ2) is 9.08. The van der Waals surface area contributed by atoms with Gasteiger partial charge in [-0.25, -0.2) is 10.1 Å². The van der Waals surface area contributed by atoms with Gasteiger partial charge in [-0.2, -0.15) is 10.2 Å². The molecule has 0 saturated carbocycles. The van der Waals surface area contributed by atoms with Crippen molar-refractivity contribution in [1.29, 1.82) is 0 Å². The van der Waals surface area contributed by atoms with Crippen LogP contribution in [0.1, 0.15) is 23.0 Å². The summed E-state index contributed by atoms with van der Waals surface area (Å²) in [6, 6.07) is 10.2. The van der Waals surface area contributed by atoms with Crippen LogP contribution in [0.4, 0.5) is 0 Å². The summed E-state index contributed by atoms with van der Waals surface area (Å²) in [6.45, 7) is 2.13. The van der Waals surface area contributed by atoms with Crippen LogP contribution in [0.15, 0.2) is 46.3 Å². The fraction of sp³-hybridized carbons (Fsp3) is 0.238. The van der Waals surface area contributed by atoms with E-state index in [4.69, 9.17) is 14.2 Å². The highest BCUT2D eigenvalue weighted by molar-refractivity contribution is 6.05. The molecular formula is C21H22N4O5. The molecule has 0 spiro atoms. The Balaban J connectivity index is 1.92. The van der Waals surface area contributed by atoms with Crippen LogP contribution in [-0.4, -0.2) is 43.2 Å². The highest BCUT2D eigenvalue weighted by atomic mass is 16.5. The average molecular weight is 410 g/mol. The Hall–Kier alpha value is -3.88. The fourth-order valence-corrected chi connectivity index (χ4v) is 2.98. The maximum Gasteiger partial charge on any atom is 0.292 e. The smallest absolute Gasteiger partial charge is 0.292 e. The molecule has 0 aliphatic rings. The van der Waals surface area contributed by atoms with Crippen molar-refractivity contribution in [3.63, 3.8) is 0 Å². The number of carbonyl (C=O) groups excluding carboxylic acids is 1. The Morgan fingerprint density at radius 1 is 1.07 bits per heavy atom. The summed E-state index contributed by atoms with van der Waals surface area (Å²) in [7, 11) is 4.56. The van der Waals surface area contributed by atoms with Crippen LogP contribution in [0, 0.1) is 0 Å². The van der Waals surface area contributed by atoms with Crippen LogP contribution in [-0.2, 0) is 6.54 Å². The van der Waals surface area contributed by atoms with Gasteiger partial charge in [-0.05, 0) is 19.1 Å². The number of aromatic nitrogens is 2. The number of carbonyl (C=O) groups is 1. The zero-order valence-electron chi connectivity index (χ0n) is 17.1. The Bertz CT molecular complexity index is 1170. The van der Waals surface area contributed by atoms with Gasteiger partial charge in [0.25, 0.3) is 11.5 Å². The number of ether oxygens (including phenoxy) is 3. The quantitative estimate of drug-likeness (QED) is 0.473. The van der Waals surface area contributed by atoms with Gasteiger partial charge < -0.3 is 14.2 Å². The topological polar surface area (TPSA) is 104 Å². The first-order valence-corrected chi connectivity index (χ1v) is 9.17. The van der Waals surface area contributed by atoms with E-state index in [1.165, 1.54) is 32.2 Å². The van der Waals surface area contributed by atoms with Crippen molar-refractivity contribution in [3.05, 3.63) is 58.0 Å². The summed E-state index contributed by atoms with van der Waals surface area (Å²) in [6.07, 6.45) is 1.43. The number of methoxy groups -OCH3 is 3. The lowest BCUT2D eigenvalue weighted by molar-refractivity contribution is 0.0949. The van der Waals surface area contributed by atoms with Gasteiger partial charge in [-0.15, -0.1) is 0 Å². The van der Waals surface area contributed by atoms with E-state index in [2.05, 4.69) is 15.6 Å². The number of amides is 1. The van der Waals surface area contributed by atoms with E-state index in [-0.39, 0.29) is 11.3 Å². The standard InChI is InChI=1S/C21H22N4O5/c1-5-25-21(27)15-9-7-6-8-14(15)19(24-25)20(26)23-22-12-13-10-17(29-3)18(30-4)11-16(13)28-2/h6-12H,5H2,1-4H3,(H,23,26)/b22-12+. The second-order valence-corrected chi connectivity index (χ2v) is 6.16. The largest absolute Gasteiger partial charge is 0.496 e. The molecule has 0 bridgehead atoms. The van der Waals surface area contributed by atoms with Crippen molar-refractivity contribution in [2.75, 3.05) is 21.3 Å². The second-order valence-electron chi connectivity index (χ2n) is 6.16. The van der Waals surface area contributed by atoms with Gasteiger partial charge in [-0.1, -0.05) is 18.2 Å². The highest BCUT2D eigenvalue weighted by Gasteiger charge is 2.16. The third kappa shape index (κ3) is 3.95. The highest BCUT2D eigenvalue weighted by Crippen LogP contribution is 2.33. The van der Waals surface area contributed by atoms with E-state index in [1.54, 1.807) is 43.3 Å². The Morgan fingerprint density at radius 3 is 2.33 bits per heavy atom. The third-order valence-corrected chi connectivity index (χ3v) is 4.49. The van der Waals surface area contributed by atoms with Gasteiger partial charge in [0.05, 0.1) is 32.9 Å². The molecule has 0 radical (unpaired) electrons. The zero-order valence-corrected chi connectivity index (χ0v) is 17.1. The van der Waals surface area contributed by atoms with Crippen molar-refractivity contribution < 1.29 is 19.0 Å². The molecule has 2 aromatic carbocycles. The van der Waals surface area contributed by atoms with Crippen molar-refractivity contribution in [2.45, 2.75) is 13.5 Å². The van der Waals surface area contributed by atoms with E-state index in [0.29, 0.717) is 40.1 Å². The first-order chi connectivity index (χ1) is 14.5. The van der Waals surface area contributed by atoms with E-state index < -0.39 is 5.91 Å². The molecule has 30 heavy (non-hydrogen) atoms. The number of hydrogen-bond acceptors (Lipinski definition) is 7. The van der Waals surface area contributed by atoms with Gasteiger partial charge in [0.1, 0.15) is 5.75 Å². The third-order valence-electron chi connectivity index (χ3n) is 4.49. The summed E-state index contributed by atoms with van der Waals surface area (Å²) in [5, 5.41) is 9.08. The molecule has 0 atom stereocenters. The van der Waals surface area contributed by atoms with Gasteiger partial charge in [0.2, 0.25) is 0 Å². The first-order valence-electron chi connectivity index (χ1n) is 9.17. The lowest BCUT2D eigenvalue weighted by Gasteiger charge is -2.12. The van der Waals surface area contributed by atoms with E-state index in [1.807, 2.05) is 0 Å². The number of fused-ring (bicyclic) bond motifs is 1. The molecule has 9 heteroatoms. The molecule has 3 rings (SSSR count). The van der Waals surface area contributed by atoms with Crippen molar-refractivity contribution >= 4 is 22.9 Å². The molecule has 0 saturated heterocycles. The van der Waals surface area contributed by atoms with Crippen LogP contribution < -0.4 is 25.2 Å². The molecule has 3 aromatic rings. The number of aryl methyl sites for hydroxylation is 1. The Morgan fingerprint density at radius 2 is 1.70 bits per heavy atom. The van der Waals surface area contributed by atoms with E-state index in [9.17, 15) is 9.59 Å². The molecule has 0 fully saturated rings. The fourth-order valence-electron chi connectivity index (χ4n) is 2.98. The number of hydrogen-bond donors (Lipinski definition) is 1. The predicted octanol–water partition coefficient (Wildman–Crippen LogP) is 2.21. The van der Waals surface area contributed by atoms with Crippen LogP contribution >= 0.6 is 0 Å². The Kier molecular flexibility index (Phi) is 6.31. The predicted molar refractivity (Wildman–Crippen MR) is 113 cm³/mol. The summed E-state index contributed by atoms with van der Waals surface area (Å²) in [5.41, 5.74) is 2.90. The van der Waals surface area contributed by atoms with Crippen LogP contribution in [0.2, 0.25) is 0 Å². The number of hydrazone groups is 1. The Labute approximate surface area is 172 Å². The summed E-state index contributed by atoms with van der Waals surface area (Å²) in [5.74, 6) is 0.958. The first kappa shape index (κ1) is 20.8. The molecule has 1 aromatic heterocycles. The molecule has 1 heterocycles. The lowest BCUT2D eigenvalue weighted by Crippen LogP contribution is -2.28. The molecule has 0 aliphatic heterocycles. The number of nitrogens with one attached hydrogen (secondary N) is 1. The molecule has 0 aliphatic carbocycles. The van der Waals surface area contributed by atoms with Crippen LogP contribution in [0.25, 0.3) is 10.8 Å². The van der Waals surface area contributed by atoms with Crippen molar-refractivity contribution in [3.8, 4) is 17.2 Å². The van der Waals surface area contributed by atoms with E-state index in [0.717, 1.165) is 0 Å². The molecule has 1 amide bonds. The van der Waals surface area contributed by atoms with E-state index >= 15 is 0 Å². The lowest BCUT2D eigenvalue weighted by atomic mass is 10.1. The summed E-state index contributed by atoms with van der Waals surface area (Å²) >= 11 is 0. The SMILES string of the molecule is CCn1nc(C(=O)N/N=C/c2cc(OC)c(OC)cc2OC)c2ccccc2c1=O. The van der Waals surface area contributed by atoms with Gasteiger partial charge in [-0.3, -0.25) is 9.59 Å². The van der Waals surface area contributed by atoms with Crippen LogP contribution in [0.5, 0.6) is 17.2 Å². The number of rotatable bonds is 7. The summed E-state index contributed by atoms with van der Waals surface area (Å²) < 4.78 is 17.1. The molecular weight excluding hydrogens is 388 g/mol. The average Bonchev–Trinajstić information content (AvgIpc) is 2.78. The molecule has 9 nitrogen and oxygen atoms in total. The number of nitrogens with zero attached hydrogens (tertiary/aromatic N) is 3. The molecule has 0 unspecified atom stereocenters. The number of benzene rings is 2. The minimum absolute atomic E-state index is 0.114. The maximum absolute atomic E-state index is 12.7. The van der Waals surface area contributed by atoms with Gasteiger partial charge >= 0.3 is 0 Å². The molecule has 1 N–H and O–H groups in total. The zero-order chi connectivity index (χ0) is 21.7. The van der Waals surface area contributed by atoms with Gasteiger partial charge in [0, 0.05) is 23.6 Å². The monoisotopic (exact) mass is 410 g/mol. The summed E-state index contributed by atoms with van der Waals surface area (Å²) in [4.78, 5) is 25.1. The molecule has 156 valence electrons. The minimum atomic E-state index is -0.538. The van der Waals surface area contributed by atoms with Crippen molar-refractivity contribution in [2.24, 2.45) is 5.10 Å². The normalized spacial score (nSPS) is 10.9. The van der Waals surface area contributed by atoms with Crippen LogP contribution in [0.3, 0.4) is 0 Å². The maximum atomic E-state index is 12.7. The van der Waals surface area contributed by atoms with Gasteiger partial charge in [0.15, 0.2) is 17.2 Å². The minimum Gasteiger partial charge on any atom is -0.496 e. The van der Waals surface area contributed by atoms with Crippen molar-refractivity contribution in [1.82, 2.24) is 15.2 Å².